The van der Waals surface area contributed by atoms with Gasteiger partial charge in [0, 0.05) is 17.5 Å². The standard InChI is InChI=1S/C16H16ClNO4/c1-10(18-16(19)13-4-2-5-20-13)11-8-14-15(9-12(11)17)22-7-3-6-21-14/h2,4-5,8-10H,3,6-7H2,1H3,(H,18,19). The summed E-state index contributed by atoms with van der Waals surface area (Å²) in [7, 11) is 0. The molecule has 1 amide bonds. The molecule has 1 aromatic carbocycles. The van der Waals surface area contributed by atoms with Gasteiger partial charge in [-0.05, 0) is 30.7 Å². The summed E-state index contributed by atoms with van der Waals surface area (Å²) in [5.74, 6) is 1.25. The number of benzene rings is 1. The Hall–Kier alpha value is -2.14. The summed E-state index contributed by atoms with van der Waals surface area (Å²) in [6, 6.07) is 6.53. The first-order chi connectivity index (χ1) is 10.6. The summed E-state index contributed by atoms with van der Waals surface area (Å²) in [5, 5.41) is 3.37. The number of amides is 1. The molecule has 0 bridgehead atoms. The van der Waals surface area contributed by atoms with Crippen LogP contribution in [0.3, 0.4) is 0 Å². The Balaban J connectivity index is 1.81. The van der Waals surface area contributed by atoms with E-state index < -0.39 is 0 Å². The largest absolute Gasteiger partial charge is 0.490 e. The van der Waals surface area contributed by atoms with Gasteiger partial charge in [0.1, 0.15) is 0 Å². The lowest BCUT2D eigenvalue weighted by atomic mass is 10.1. The molecule has 1 aliphatic rings. The number of carbonyl (C=O) groups is 1. The predicted octanol–water partition coefficient (Wildman–Crippen LogP) is 3.59. The maximum absolute atomic E-state index is 12.0. The summed E-state index contributed by atoms with van der Waals surface area (Å²) in [6.45, 7) is 3.06. The van der Waals surface area contributed by atoms with Gasteiger partial charge in [0.15, 0.2) is 17.3 Å². The molecule has 1 aromatic heterocycles. The van der Waals surface area contributed by atoms with Crippen molar-refractivity contribution in [3.8, 4) is 11.5 Å². The first-order valence-corrected chi connectivity index (χ1v) is 7.46. The van der Waals surface area contributed by atoms with Crippen LogP contribution in [-0.2, 0) is 0 Å². The van der Waals surface area contributed by atoms with E-state index in [2.05, 4.69) is 5.32 Å². The molecule has 5 nitrogen and oxygen atoms in total. The van der Waals surface area contributed by atoms with Gasteiger partial charge in [-0.2, -0.15) is 0 Å². The van der Waals surface area contributed by atoms with Gasteiger partial charge in [0.2, 0.25) is 0 Å². The predicted molar refractivity (Wildman–Crippen MR) is 81.6 cm³/mol. The van der Waals surface area contributed by atoms with Gasteiger partial charge in [-0.3, -0.25) is 4.79 Å². The van der Waals surface area contributed by atoms with Crippen LogP contribution in [-0.4, -0.2) is 19.1 Å². The van der Waals surface area contributed by atoms with Crippen LogP contribution in [0, 0.1) is 0 Å². The van der Waals surface area contributed by atoms with E-state index >= 15 is 0 Å². The molecule has 2 heterocycles. The van der Waals surface area contributed by atoms with Crippen molar-refractivity contribution in [2.24, 2.45) is 0 Å². The zero-order chi connectivity index (χ0) is 15.5. The molecule has 0 aliphatic carbocycles. The third kappa shape index (κ3) is 3.04. The molecule has 1 unspecified atom stereocenters. The van der Waals surface area contributed by atoms with Crippen LogP contribution in [0.4, 0.5) is 0 Å². The van der Waals surface area contributed by atoms with Crippen LogP contribution in [0.25, 0.3) is 0 Å². The minimum absolute atomic E-state index is 0.261. The molecule has 1 atom stereocenters. The van der Waals surface area contributed by atoms with Crippen molar-refractivity contribution in [3.05, 3.63) is 46.9 Å². The fraction of sp³-hybridized carbons (Fsp3) is 0.312. The molecule has 2 aromatic rings. The Labute approximate surface area is 133 Å². The Morgan fingerprint density at radius 1 is 1.27 bits per heavy atom. The summed E-state index contributed by atoms with van der Waals surface area (Å²) in [4.78, 5) is 12.0. The molecule has 1 N–H and O–H groups in total. The van der Waals surface area contributed by atoms with E-state index in [1.54, 1.807) is 18.2 Å². The smallest absolute Gasteiger partial charge is 0.287 e. The van der Waals surface area contributed by atoms with Crippen molar-refractivity contribution in [2.75, 3.05) is 13.2 Å². The Kier molecular flexibility index (Phi) is 4.24. The molecule has 0 saturated carbocycles. The summed E-state index contributed by atoms with van der Waals surface area (Å²) < 4.78 is 16.3. The second kappa shape index (κ2) is 6.32. The van der Waals surface area contributed by atoms with E-state index in [-0.39, 0.29) is 17.7 Å². The van der Waals surface area contributed by atoms with Crippen molar-refractivity contribution in [2.45, 2.75) is 19.4 Å². The molecular formula is C16H16ClNO4. The number of hydrogen-bond acceptors (Lipinski definition) is 4. The van der Waals surface area contributed by atoms with Gasteiger partial charge in [-0.15, -0.1) is 0 Å². The van der Waals surface area contributed by atoms with Crippen LogP contribution < -0.4 is 14.8 Å². The third-order valence-electron chi connectivity index (χ3n) is 3.43. The van der Waals surface area contributed by atoms with Gasteiger partial charge in [-0.25, -0.2) is 0 Å². The van der Waals surface area contributed by atoms with Gasteiger partial charge in [-0.1, -0.05) is 11.6 Å². The summed E-state index contributed by atoms with van der Waals surface area (Å²) in [6.07, 6.45) is 2.28. The van der Waals surface area contributed by atoms with Crippen LogP contribution in [0.15, 0.2) is 34.9 Å². The fourth-order valence-electron chi connectivity index (χ4n) is 2.28. The maximum atomic E-state index is 12.0. The molecule has 1 aliphatic heterocycles. The van der Waals surface area contributed by atoms with Crippen LogP contribution >= 0.6 is 11.6 Å². The first-order valence-electron chi connectivity index (χ1n) is 7.08. The molecule has 0 fully saturated rings. The number of rotatable bonds is 3. The normalized spacial score (nSPS) is 15.0. The van der Waals surface area contributed by atoms with E-state index in [1.807, 2.05) is 13.0 Å². The van der Waals surface area contributed by atoms with Crippen LogP contribution in [0.1, 0.15) is 35.5 Å². The highest BCUT2D eigenvalue weighted by Gasteiger charge is 2.20. The van der Waals surface area contributed by atoms with Crippen LogP contribution in [0.2, 0.25) is 5.02 Å². The highest BCUT2D eigenvalue weighted by atomic mass is 35.5. The topological polar surface area (TPSA) is 60.7 Å². The van der Waals surface area contributed by atoms with Crippen molar-refractivity contribution >= 4 is 17.5 Å². The summed E-state index contributed by atoms with van der Waals surface area (Å²) in [5.41, 5.74) is 0.769. The number of hydrogen-bond donors (Lipinski definition) is 1. The van der Waals surface area contributed by atoms with E-state index in [1.165, 1.54) is 6.26 Å². The highest BCUT2D eigenvalue weighted by Crippen LogP contribution is 2.37. The third-order valence-corrected chi connectivity index (χ3v) is 3.75. The minimum atomic E-state index is -0.291. The molecule has 22 heavy (non-hydrogen) atoms. The van der Waals surface area contributed by atoms with Crippen molar-refractivity contribution in [3.63, 3.8) is 0 Å². The Morgan fingerprint density at radius 3 is 2.68 bits per heavy atom. The van der Waals surface area contributed by atoms with Gasteiger partial charge >= 0.3 is 0 Å². The number of nitrogens with one attached hydrogen (secondary N) is 1. The number of fused-ring (bicyclic) bond motifs is 1. The average molecular weight is 322 g/mol. The molecule has 6 heteroatoms. The van der Waals surface area contributed by atoms with Crippen molar-refractivity contribution < 1.29 is 18.7 Å². The second-order valence-electron chi connectivity index (χ2n) is 5.04. The lowest BCUT2D eigenvalue weighted by Gasteiger charge is -2.17. The Morgan fingerprint density at radius 2 is 2.00 bits per heavy atom. The maximum Gasteiger partial charge on any atom is 0.287 e. The second-order valence-corrected chi connectivity index (χ2v) is 5.45. The number of halogens is 1. The van der Waals surface area contributed by atoms with E-state index in [0.717, 1.165) is 12.0 Å². The minimum Gasteiger partial charge on any atom is -0.490 e. The quantitative estimate of drug-likeness (QED) is 0.938. The number of carbonyl (C=O) groups excluding carboxylic acids is 1. The zero-order valence-corrected chi connectivity index (χ0v) is 12.9. The highest BCUT2D eigenvalue weighted by molar-refractivity contribution is 6.31. The van der Waals surface area contributed by atoms with E-state index in [0.29, 0.717) is 29.7 Å². The van der Waals surface area contributed by atoms with Gasteiger partial charge in [0.05, 0.1) is 25.5 Å². The molecule has 3 rings (SSSR count). The molecule has 116 valence electrons. The van der Waals surface area contributed by atoms with Crippen molar-refractivity contribution in [1.29, 1.82) is 0 Å². The summed E-state index contributed by atoms with van der Waals surface area (Å²) >= 11 is 6.31. The lowest BCUT2D eigenvalue weighted by Crippen LogP contribution is -2.26. The van der Waals surface area contributed by atoms with E-state index in [9.17, 15) is 4.79 Å². The van der Waals surface area contributed by atoms with E-state index in [4.69, 9.17) is 25.5 Å². The van der Waals surface area contributed by atoms with Gasteiger partial charge < -0.3 is 19.2 Å². The lowest BCUT2D eigenvalue weighted by molar-refractivity contribution is 0.0912. The number of ether oxygens (including phenoxy) is 2. The molecule has 0 spiro atoms. The average Bonchev–Trinajstić information content (AvgIpc) is 2.94. The molecule has 0 radical (unpaired) electrons. The fourth-order valence-corrected chi connectivity index (χ4v) is 2.60. The van der Waals surface area contributed by atoms with Crippen molar-refractivity contribution in [1.82, 2.24) is 5.32 Å². The van der Waals surface area contributed by atoms with Gasteiger partial charge in [0.25, 0.3) is 5.91 Å². The monoisotopic (exact) mass is 321 g/mol. The Bertz CT molecular complexity index is 669. The molecular weight excluding hydrogens is 306 g/mol. The van der Waals surface area contributed by atoms with Crippen LogP contribution in [0.5, 0.6) is 11.5 Å². The first kappa shape index (κ1) is 14.8. The number of furan rings is 1. The zero-order valence-electron chi connectivity index (χ0n) is 12.1. The molecule has 0 saturated heterocycles. The SMILES string of the molecule is CC(NC(=O)c1ccco1)c1cc2c(cc1Cl)OCCCO2.